The van der Waals surface area contributed by atoms with E-state index in [2.05, 4.69) is 53.6 Å². The van der Waals surface area contributed by atoms with Gasteiger partial charge >= 0.3 is 0 Å². The van der Waals surface area contributed by atoms with Crippen molar-refractivity contribution < 1.29 is 4.79 Å². The van der Waals surface area contributed by atoms with E-state index in [0.29, 0.717) is 5.56 Å². The third kappa shape index (κ3) is 3.87. The van der Waals surface area contributed by atoms with Gasteiger partial charge in [-0.25, -0.2) is 0 Å². The number of nitrogens with zero attached hydrogens (tertiary/aromatic N) is 2. The van der Waals surface area contributed by atoms with Gasteiger partial charge in [0.2, 0.25) is 0 Å². The molecule has 3 nitrogen and oxygen atoms in total. The van der Waals surface area contributed by atoms with Gasteiger partial charge in [0.05, 0.1) is 17.4 Å². The summed E-state index contributed by atoms with van der Waals surface area (Å²) < 4.78 is 0. The highest BCUT2D eigenvalue weighted by molar-refractivity contribution is 6.01. The van der Waals surface area contributed by atoms with Crippen molar-refractivity contribution in [3.63, 3.8) is 0 Å². The molecule has 27 heavy (non-hydrogen) atoms. The van der Waals surface area contributed by atoms with Gasteiger partial charge < -0.3 is 0 Å². The normalized spacial score (nSPS) is 16.5. The van der Waals surface area contributed by atoms with Crippen LogP contribution in [0.3, 0.4) is 0 Å². The molecule has 3 aromatic carbocycles. The Labute approximate surface area is 159 Å². The molecule has 0 spiro atoms. The number of anilines is 1. The second-order valence-corrected chi connectivity index (χ2v) is 6.52. The molecule has 3 heteroatoms. The van der Waals surface area contributed by atoms with Crippen molar-refractivity contribution in [3.8, 4) is 0 Å². The molecule has 0 aliphatic carbocycles. The molecule has 0 fully saturated rings. The van der Waals surface area contributed by atoms with Gasteiger partial charge in [0.25, 0.3) is 0 Å². The van der Waals surface area contributed by atoms with Crippen molar-refractivity contribution in [2.45, 2.75) is 12.5 Å². The summed E-state index contributed by atoms with van der Waals surface area (Å²) in [4.78, 5) is 10.9. The van der Waals surface area contributed by atoms with Gasteiger partial charge in [0.1, 0.15) is 6.29 Å². The molecule has 1 unspecified atom stereocenters. The Bertz CT molecular complexity index is 960. The fourth-order valence-electron chi connectivity index (χ4n) is 3.27. The first-order chi connectivity index (χ1) is 13.3. The van der Waals surface area contributed by atoms with Crippen molar-refractivity contribution in [1.82, 2.24) is 0 Å². The second kappa shape index (κ2) is 7.83. The predicted molar refractivity (Wildman–Crippen MR) is 111 cm³/mol. The van der Waals surface area contributed by atoms with E-state index in [0.717, 1.165) is 29.7 Å². The molecule has 1 heterocycles. The van der Waals surface area contributed by atoms with Crippen molar-refractivity contribution in [2.24, 2.45) is 5.10 Å². The summed E-state index contributed by atoms with van der Waals surface area (Å²) >= 11 is 0. The lowest BCUT2D eigenvalue weighted by molar-refractivity contribution is 0.112. The third-order valence-electron chi connectivity index (χ3n) is 4.68. The summed E-state index contributed by atoms with van der Waals surface area (Å²) in [6.45, 7) is 0. The Hall–Kier alpha value is -3.46. The molecule has 132 valence electrons. The number of aldehydes is 1. The molecule has 0 saturated carbocycles. The summed E-state index contributed by atoms with van der Waals surface area (Å²) in [5.74, 6) is 0. The summed E-state index contributed by atoms with van der Waals surface area (Å²) in [6.07, 6.45) is 5.88. The average molecular weight is 352 g/mol. The van der Waals surface area contributed by atoms with Crippen molar-refractivity contribution in [3.05, 3.63) is 108 Å². The number of carbonyl (C=O) groups is 1. The minimum atomic E-state index is 0.142. The van der Waals surface area contributed by atoms with Crippen LogP contribution in [-0.4, -0.2) is 12.0 Å². The van der Waals surface area contributed by atoms with Crippen LogP contribution in [0.4, 0.5) is 5.69 Å². The standard InChI is InChI=1S/C24H20N2O/c27-18-20-12-15-23(16-13-20)26-24(21-9-5-2-6-10-21)17-22(25-26)14-11-19-7-3-1-4-8-19/h1-16,18,24H,17H2. The first kappa shape index (κ1) is 17.0. The maximum Gasteiger partial charge on any atom is 0.150 e. The predicted octanol–water partition coefficient (Wildman–Crippen LogP) is 5.52. The number of hydrazone groups is 1. The molecule has 0 amide bonds. The molecule has 0 bridgehead atoms. The molecule has 1 aliphatic heterocycles. The van der Waals surface area contributed by atoms with Crippen LogP contribution in [0.25, 0.3) is 6.08 Å². The summed E-state index contributed by atoms with van der Waals surface area (Å²) in [5.41, 5.74) is 5.07. The molecule has 1 aliphatic rings. The quantitative estimate of drug-likeness (QED) is 0.566. The zero-order chi connectivity index (χ0) is 18.5. The van der Waals surface area contributed by atoms with Crippen LogP contribution >= 0.6 is 0 Å². The maximum absolute atomic E-state index is 10.9. The number of benzene rings is 3. The minimum absolute atomic E-state index is 0.142. The molecular formula is C24H20N2O. The highest BCUT2D eigenvalue weighted by Gasteiger charge is 2.28. The Morgan fingerprint density at radius 3 is 2.11 bits per heavy atom. The van der Waals surface area contributed by atoms with Crippen molar-refractivity contribution >= 4 is 23.8 Å². The van der Waals surface area contributed by atoms with Gasteiger partial charge in [-0.15, -0.1) is 0 Å². The minimum Gasteiger partial charge on any atom is -0.298 e. The van der Waals surface area contributed by atoms with Crippen LogP contribution < -0.4 is 5.01 Å². The van der Waals surface area contributed by atoms with E-state index in [1.54, 1.807) is 0 Å². The Balaban J connectivity index is 1.65. The number of hydrogen-bond donors (Lipinski definition) is 0. The van der Waals surface area contributed by atoms with Gasteiger partial charge in [-0.3, -0.25) is 9.80 Å². The summed E-state index contributed by atoms with van der Waals surface area (Å²) in [6, 6.07) is 28.4. The molecule has 3 aromatic rings. The first-order valence-corrected chi connectivity index (χ1v) is 9.03. The van der Waals surface area contributed by atoms with Crippen LogP contribution in [0.15, 0.2) is 96.1 Å². The van der Waals surface area contributed by atoms with E-state index in [-0.39, 0.29) is 6.04 Å². The third-order valence-corrected chi connectivity index (χ3v) is 4.68. The Morgan fingerprint density at radius 1 is 0.778 bits per heavy atom. The maximum atomic E-state index is 10.9. The SMILES string of the molecule is O=Cc1ccc(N2N=C(C=Cc3ccccc3)CC2c2ccccc2)cc1. The van der Waals surface area contributed by atoms with Gasteiger partial charge in [0, 0.05) is 12.0 Å². The molecular weight excluding hydrogens is 332 g/mol. The molecule has 0 radical (unpaired) electrons. The molecule has 0 N–H and O–H groups in total. The fourth-order valence-corrected chi connectivity index (χ4v) is 3.27. The zero-order valence-corrected chi connectivity index (χ0v) is 14.9. The lowest BCUT2D eigenvalue weighted by Crippen LogP contribution is -2.18. The average Bonchev–Trinajstić information content (AvgIpc) is 3.18. The van der Waals surface area contributed by atoms with Gasteiger partial charge in [-0.2, -0.15) is 5.10 Å². The van der Waals surface area contributed by atoms with Crippen LogP contribution in [0.1, 0.15) is 33.9 Å². The zero-order valence-electron chi connectivity index (χ0n) is 14.9. The molecule has 1 atom stereocenters. The lowest BCUT2D eigenvalue weighted by atomic mass is 10.0. The van der Waals surface area contributed by atoms with E-state index in [4.69, 9.17) is 5.10 Å². The smallest absolute Gasteiger partial charge is 0.150 e. The van der Waals surface area contributed by atoms with Gasteiger partial charge in [0.15, 0.2) is 0 Å². The van der Waals surface area contributed by atoms with E-state index in [9.17, 15) is 4.79 Å². The Kier molecular flexibility index (Phi) is 4.93. The second-order valence-electron chi connectivity index (χ2n) is 6.52. The van der Waals surface area contributed by atoms with Gasteiger partial charge in [-0.05, 0) is 41.5 Å². The van der Waals surface area contributed by atoms with Crippen LogP contribution in [0.5, 0.6) is 0 Å². The van der Waals surface area contributed by atoms with E-state index in [1.165, 1.54) is 5.56 Å². The number of carbonyl (C=O) groups excluding carboxylic acids is 1. The van der Waals surface area contributed by atoms with Crippen molar-refractivity contribution in [1.29, 1.82) is 0 Å². The highest BCUT2D eigenvalue weighted by atomic mass is 16.1. The van der Waals surface area contributed by atoms with E-state index < -0.39 is 0 Å². The number of hydrogen-bond acceptors (Lipinski definition) is 3. The topological polar surface area (TPSA) is 32.7 Å². The Morgan fingerprint density at radius 2 is 1.44 bits per heavy atom. The van der Waals surface area contributed by atoms with Crippen LogP contribution in [-0.2, 0) is 0 Å². The monoisotopic (exact) mass is 352 g/mol. The van der Waals surface area contributed by atoms with Crippen LogP contribution in [0.2, 0.25) is 0 Å². The lowest BCUT2D eigenvalue weighted by Gasteiger charge is -2.24. The van der Waals surface area contributed by atoms with Gasteiger partial charge in [-0.1, -0.05) is 66.7 Å². The molecule has 4 rings (SSSR count). The van der Waals surface area contributed by atoms with E-state index >= 15 is 0 Å². The first-order valence-electron chi connectivity index (χ1n) is 9.03. The highest BCUT2D eigenvalue weighted by Crippen LogP contribution is 2.35. The van der Waals surface area contributed by atoms with Crippen LogP contribution in [0, 0.1) is 0 Å². The molecule has 0 aromatic heterocycles. The summed E-state index contributed by atoms with van der Waals surface area (Å²) in [7, 11) is 0. The van der Waals surface area contributed by atoms with Crippen molar-refractivity contribution in [2.75, 3.05) is 5.01 Å². The molecule has 0 saturated heterocycles. The van der Waals surface area contributed by atoms with E-state index in [1.807, 2.05) is 48.5 Å². The largest absolute Gasteiger partial charge is 0.298 e. The fraction of sp³-hybridized carbons (Fsp3) is 0.0833. The number of allylic oxidation sites excluding steroid dienone is 1. The summed E-state index contributed by atoms with van der Waals surface area (Å²) in [5, 5.41) is 6.91. The number of rotatable bonds is 5.